The van der Waals surface area contributed by atoms with Crippen LogP contribution < -0.4 is 28.6 Å². The normalized spacial score (nSPS) is 11.8. The van der Waals surface area contributed by atoms with Crippen molar-refractivity contribution in [3.63, 3.8) is 0 Å². The van der Waals surface area contributed by atoms with Gasteiger partial charge in [-0.25, -0.2) is 8.42 Å². The van der Waals surface area contributed by atoms with Gasteiger partial charge in [0.05, 0.1) is 39.0 Å². The topological polar surface area (TPSA) is 124 Å². The van der Waals surface area contributed by atoms with Crippen molar-refractivity contribution in [2.24, 2.45) is 0 Å². The van der Waals surface area contributed by atoms with Gasteiger partial charge >= 0.3 is 0 Å². The zero-order valence-electron chi connectivity index (χ0n) is 28.9. The van der Waals surface area contributed by atoms with Crippen molar-refractivity contribution in [2.75, 3.05) is 39.3 Å². The summed E-state index contributed by atoms with van der Waals surface area (Å²) in [4.78, 5) is 29.9. The number of methoxy groups -OCH3 is 4. The Balaban J connectivity index is 1.89. The van der Waals surface area contributed by atoms with Crippen LogP contribution in [0, 0.1) is 0 Å². The van der Waals surface area contributed by atoms with Gasteiger partial charge in [-0.2, -0.15) is 0 Å². The van der Waals surface area contributed by atoms with Crippen LogP contribution in [0.1, 0.15) is 25.0 Å². The lowest BCUT2D eigenvalue weighted by Crippen LogP contribution is -2.54. The first kappa shape index (κ1) is 37.9. The third-order valence-corrected chi connectivity index (χ3v) is 9.81. The summed E-state index contributed by atoms with van der Waals surface area (Å²) < 4.78 is 51.8. The van der Waals surface area contributed by atoms with Crippen LogP contribution in [0.5, 0.6) is 23.0 Å². The van der Waals surface area contributed by atoms with E-state index in [-0.39, 0.29) is 46.1 Å². The van der Waals surface area contributed by atoms with Crippen molar-refractivity contribution in [3.05, 3.63) is 107 Å². The molecule has 0 aromatic heterocycles. The number of nitrogens with zero attached hydrogens (tertiary/aromatic N) is 2. The van der Waals surface area contributed by atoms with Crippen molar-refractivity contribution in [1.29, 1.82) is 0 Å². The fourth-order valence-electron chi connectivity index (χ4n) is 5.38. The molecule has 4 aromatic rings. The number of carbonyl (C=O) groups is 2. The number of hydrogen-bond donors (Lipinski definition) is 1. The zero-order valence-corrected chi connectivity index (χ0v) is 30.5. The Morgan fingerprint density at radius 2 is 1.42 bits per heavy atom. The summed E-state index contributed by atoms with van der Waals surface area (Å²) in [6, 6.07) is 23.8. The fourth-order valence-corrected chi connectivity index (χ4v) is 6.98. The number of nitrogens with one attached hydrogen (secondary N) is 1. The summed E-state index contributed by atoms with van der Waals surface area (Å²) in [6.45, 7) is 2.91. The minimum absolute atomic E-state index is 0.0238. The summed E-state index contributed by atoms with van der Waals surface area (Å²) in [5, 5.41) is 3.16. The molecule has 4 aromatic carbocycles. The Morgan fingerprint density at radius 1 is 0.760 bits per heavy atom. The number of anilines is 1. The van der Waals surface area contributed by atoms with E-state index in [1.165, 1.54) is 63.7 Å². The van der Waals surface area contributed by atoms with Gasteiger partial charge in [-0.05, 0) is 67.4 Å². The van der Waals surface area contributed by atoms with E-state index in [1.807, 2.05) is 44.2 Å². The number of benzene rings is 4. The summed E-state index contributed by atoms with van der Waals surface area (Å²) in [6.07, 6.45) is 0.165. The molecule has 4 rings (SSSR count). The molecule has 0 heterocycles. The van der Waals surface area contributed by atoms with E-state index in [0.29, 0.717) is 17.1 Å². The Kier molecular flexibility index (Phi) is 13.0. The number of halogens is 1. The van der Waals surface area contributed by atoms with Crippen LogP contribution in [0.25, 0.3) is 0 Å². The molecule has 0 bridgehead atoms. The molecule has 0 saturated carbocycles. The van der Waals surface area contributed by atoms with Crippen molar-refractivity contribution >= 4 is 39.1 Å². The van der Waals surface area contributed by atoms with E-state index >= 15 is 0 Å². The second-order valence-corrected chi connectivity index (χ2v) is 13.9. The van der Waals surface area contributed by atoms with Crippen molar-refractivity contribution < 1.29 is 37.0 Å². The average molecular weight is 724 g/mol. The van der Waals surface area contributed by atoms with E-state index in [4.69, 9.17) is 30.5 Å². The molecule has 0 aliphatic carbocycles. The zero-order chi connectivity index (χ0) is 36.4. The van der Waals surface area contributed by atoms with Crippen LogP contribution in [0.15, 0.2) is 95.9 Å². The van der Waals surface area contributed by atoms with Crippen LogP contribution in [-0.4, -0.2) is 72.2 Å². The van der Waals surface area contributed by atoms with Crippen molar-refractivity contribution in [2.45, 2.75) is 43.8 Å². The van der Waals surface area contributed by atoms with Crippen molar-refractivity contribution in [3.8, 4) is 23.0 Å². The van der Waals surface area contributed by atoms with Gasteiger partial charge < -0.3 is 29.2 Å². The second kappa shape index (κ2) is 17.1. The minimum Gasteiger partial charge on any atom is -0.497 e. The lowest BCUT2D eigenvalue weighted by atomic mass is 10.0. The first-order chi connectivity index (χ1) is 23.9. The highest BCUT2D eigenvalue weighted by molar-refractivity contribution is 7.92. The van der Waals surface area contributed by atoms with Crippen LogP contribution >= 0.6 is 11.6 Å². The van der Waals surface area contributed by atoms with Gasteiger partial charge in [0, 0.05) is 30.1 Å². The van der Waals surface area contributed by atoms with E-state index in [2.05, 4.69) is 5.32 Å². The van der Waals surface area contributed by atoms with E-state index in [9.17, 15) is 18.0 Å². The maximum atomic E-state index is 14.8. The Labute approximate surface area is 298 Å². The average Bonchev–Trinajstić information content (AvgIpc) is 3.11. The highest BCUT2D eigenvalue weighted by Gasteiger charge is 2.36. The Hall–Kier alpha value is -4.94. The minimum atomic E-state index is -4.51. The molecule has 0 radical (unpaired) electrons. The summed E-state index contributed by atoms with van der Waals surface area (Å²) in [5.41, 5.74) is 1.50. The maximum absolute atomic E-state index is 14.8. The molecule has 0 fully saturated rings. The van der Waals surface area contributed by atoms with Gasteiger partial charge in [-0.1, -0.05) is 54.1 Å². The van der Waals surface area contributed by atoms with Gasteiger partial charge in [0.1, 0.15) is 24.1 Å². The molecule has 0 unspecified atom stereocenters. The quantitative estimate of drug-likeness (QED) is 0.156. The molecular weight excluding hydrogens is 682 g/mol. The molecular formula is C37H42ClN3O8S. The predicted octanol–water partition coefficient (Wildman–Crippen LogP) is 5.73. The monoisotopic (exact) mass is 723 g/mol. The van der Waals surface area contributed by atoms with Gasteiger partial charge in [-0.3, -0.25) is 13.9 Å². The highest BCUT2D eigenvalue weighted by atomic mass is 35.5. The van der Waals surface area contributed by atoms with Gasteiger partial charge in [0.25, 0.3) is 10.0 Å². The first-order valence-corrected chi connectivity index (χ1v) is 17.6. The Bertz CT molecular complexity index is 1890. The standard InChI is InChI=1S/C37H42ClN3O8S/c1-25(2)39-37(43)32(20-26-11-8-7-9-12-26)40(23-27-13-10-14-29(19-27)46-3)36(42)24-41(31-21-28(38)15-17-33(31)47-4)50(44,45)30-16-18-34(48-5)35(22-30)49-6/h7-19,21-22,25,32H,20,23-24H2,1-6H3,(H,39,43)/t32-/m1/s1. The van der Waals surface area contributed by atoms with Crippen molar-refractivity contribution in [1.82, 2.24) is 10.2 Å². The van der Waals surface area contributed by atoms with Crippen LogP contribution in [0.4, 0.5) is 5.69 Å². The largest absolute Gasteiger partial charge is 0.497 e. The molecule has 11 nitrogen and oxygen atoms in total. The summed E-state index contributed by atoms with van der Waals surface area (Å²) >= 11 is 6.39. The van der Waals surface area contributed by atoms with Crippen LogP contribution in [0.2, 0.25) is 5.02 Å². The third kappa shape index (κ3) is 9.19. The second-order valence-electron chi connectivity index (χ2n) is 11.6. The highest BCUT2D eigenvalue weighted by Crippen LogP contribution is 2.37. The number of carbonyl (C=O) groups excluding carboxylic acids is 2. The molecule has 1 N–H and O–H groups in total. The third-order valence-electron chi connectivity index (χ3n) is 7.82. The van der Waals surface area contributed by atoms with E-state index in [0.717, 1.165) is 9.87 Å². The molecule has 1 atom stereocenters. The van der Waals surface area contributed by atoms with Gasteiger partial charge in [-0.15, -0.1) is 0 Å². The predicted molar refractivity (Wildman–Crippen MR) is 193 cm³/mol. The molecule has 0 spiro atoms. The molecule has 2 amide bonds. The summed E-state index contributed by atoms with van der Waals surface area (Å²) in [7, 11) is 1.24. The molecule has 0 aliphatic heterocycles. The molecule has 0 saturated heterocycles. The SMILES string of the molecule is COc1cccc(CN(C(=O)CN(c2cc(Cl)ccc2OC)S(=O)(=O)c2ccc(OC)c(OC)c2)[C@H](Cc2ccccc2)C(=O)NC(C)C)c1. The fraction of sp³-hybridized carbons (Fsp3) is 0.297. The maximum Gasteiger partial charge on any atom is 0.265 e. The smallest absolute Gasteiger partial charge is 0.265 e. The lowest BCUT2D eigenvalue weighted by molar-refractivity contribution is -0.140. The Morgan fingerprint density at radius 3 is 2.06 bits per heavy atom. The van der Waals surface area contributed by atoms with Crippen LogP contribution in [-0.2, 0) is 32.6 Å². The summed E-state index contributed by atoms with van der Waals surface area (Å²) in [5.74, 6) is 0.157. The van der Waals surface area contributed by atoms with E-state index < -0.39 is 34.4 Å². The van der Waals surface area contributed by atoms with Crippen LogP contribution in [0.3, 0.4) is 0 Å². The molecule has 50 heavy (non-hydrogen) atoms. The molecule has 13 heteroatoms. The number of amides is 2. The molecule has 0 aliphatic rings. The first-order valence-electron chi connectivity index (χ1n) is 15.8. The molecule has 266 valence electrons. The van der Waals surface area contributed by atoms with Gasteiger partial charge in [0.2, 0.25) is 11.8 Å². The van der Waals surface area contributed by atoms with E-state index in [1.54, 1.807) is 30.3 Å². The van der Waals surface area contributed by atoms with Gasteiger partial charge in [0.15, 0.2) is 11.5 Å². The number of hydrogen-bond acceptors (Lipinski definition) is 8. The number of rotatable bonds is 16. The lowest BCUT2D eigenvalue weighted by Gasteiger charge is -2.34. The number of sulfonamides is 1. The number of ether oxygens (including phenoxy) is 4.